The fourth-order valence-electron chi connectivity index (χ4n) is 2.60. The Morgan fingerprint density at radius 3 is 2.32 bits per heavy atom. The largest absolute Gasteiger partial charge is 0.481 e. The number of aliphatic carboxylic acids is 1. The lowest BCUT2D eigenvalue weighted by Crippen LogP contribution is -2.47. The number of rotatable bonds is 5. The molecule has 5 heteroatoms. The zero-order chi connectivity index (χ0) is 14.3. The van der Waals surface area contributed by atoms with Crippen LogP contribution in [-0.2, 0) is 4.79 Å². The van der Waals surface area contributed by atoms with E-state index >= 15 is 0 Å². The minimum Gasteiger partial charge on any atom is -0.481 e. The van der Waals surface area contributed by atoms with Crippen molar-refractivity contribution >= 4 is 12.0 Å². The van der Waals surface area contributed by atoms with E-state index in [1.165, 1.54) is 25.7 Å². The quantitative estimate of drug-likeness (QED) is 0.754. The Bertz CT molecular complexity index is 299. The molecule has 0 aliphatic heterocycles. The molecule has 2 amide bonds. The van der Waals surface area contributed by atoms with E-state index in [2.05, 4.69) is 5.32 Å². The second-order valence-corrected chi connectivity index (χ2v) is 5.41. The number of carboxylic acid groups (broad SMARTS) is 1. The molecule has 1 rings (SSSR count). The smallest absolute Gasteiger partial charge is 0.317 e. The number of carbonyl (C=O) groups is 2. The summed E-state index contributed by atoms with van der Waals surface area (Å²) in [6.45, 7) is 1.89. The molecule has 0 heterocycles. The zero-order valence-corrected chi connectivity index (χ0v) is 12.0. The predicted octanol–water partition coefficient (Wildman–Crippen LogP) is 2.60. The second-order valence-electron chi connectivity index (χ2n) is 5.41. The van der Waals surface area contributed by atoms with E-state index in [-0.39, 0.29) is 18.5 Å². The number of nitrogens with one attached hydrogen (secondary N) is 1. The van der Waals surface area contributed by atoms with Crippen molar-refractivity contribution in [3.63, 3.8) is 0 Å². The molecule has 0 aromatic carbocycles. The summed E-state index contributed by atoms with van der Waals surface area (Å²) >= 11 is 0. The number of carboxylic acids is 1. The number of amides is 2. The summed E-state index contributed by atoms with van der Waals surface area (Å²) in [6, 6.07) is -0.122. The summed E-state index contributed by atoms with van der Waals surface area (Å²) in [4.78, 5) is 24.6. The molecule has 19 heavy (non-hydrogen) atoms. The van der Waals surface area contributed by atoms with Crippen LogP contribution in [0.1, 0.15) is 58.3 Å². The van der Waals surface area contributed by atoms with Gasteiger partial charge in [-0.15, -0.1) is 0 Å². The van der Waals surface area contributed by atoms with Gasteiger partial charge in [0, 0.05) is 19.1 Å². The topological polar surface area (TPSA) is 69.6 Å². The van der Waals surface area contributed by atoms with Gasteiger partial charge in [0.15, 0.2) is 0 Å². The van der Waals surface area contributed by atoms with Gasteiger partial charge in [0.05, 0.1) is 6.42 Å². The number of hydrogen-bond acceptors (Lipinski definition) is 2. The van der Waals surface area contributed by atoms with Crippen molar-refractivity contribution in [2.24, 2.45) is 0 Å². The zero-order valence-electron chi connectivity index (χ0n) is 12.0. The van der Waals surface area contributed by atoms with Crippen LogP contribution in [0.4, 0.5) is 4.79 Å². The van der Waals surface area contributed by atoms with E-state index in [4.69, 9.17) is 5.11 Å². The maximum absolute atomic E-state index is 12.1. The van der Waals surface area contributed by atoms with Gasteiger partial charge in [-0.1, -0.05) is 32.6 Å². The summed E-state index contributed by atoms with van der Waals surface area (Å²) < 4.78 is 0. The highest BCUT2D eigenvalue weighted by atomic mass is 16.4. The first-order valence-electron chi connectivity index (χ1n) is 7.29. The third kappa shape index (κ3) is 5.49. The molecule has 2 N–H and O–H groups in total. The molecular formula is C14H26N2O3. The van der Waals surface area contributed by atoms with E-state index in [1.807, 2.05) is 14.0 Å². The normalized spacial score (nSPS) is 18.4. The Morgan fingerprint density at radius 2 is 1.84 bits per heavy atom. The molecule has 0 aromatic heterocycles. The van der Waals surface area contributed by atoms with Crippen LogP contribution in [0, 0.1) is 0 Å². The van der Waals surface area contributed by atoms with Gasteiger partial charge in [-0.25, -0.2) is 4.79 Å². The molecule has 5 nitrogen and oxygen atoms in total. The van der Waals surface area contributed by atoms with Gasteiger partial charge < -0.3 is 15.3 Å². The number of nitrogens with zero attached hydrogens (tertiary/aromatic N) is 1. The minimum absolute atomic E-state index is 0.0131. The Morgan fingerprint density at radius 1 is 1.26 bits per heavy atom. The van der Waals surface area contributed by atoms with Crippen LogP contribution in [0.25, 0.3) is 0 Å². The van der Waals surface area contributed by atoms with Gasteiger partial charge in [0.1, 0.15) is 0 Å². The third-order valence-corrected chi connectivity index (χ3v) is 3.93. The van der Waals surface area contributed by atoms with Crippen molar-refractivity contribution in [1.82, 2.24) is 10.2 Å². The van der Waals surface area contributed by atoms with Gasteiger partial charge in [-0.3, -0.25) is 4.79 Å². The lowest BCUT2D eigenvalue weighted by atomic mass is 10.1. The van der Waals surface area contributed by atoms with E-state index in [0.717, 1.165) is 12.8 Å². The number of hydrogen-bond donors (Lipinski definition) is 2. The Kier molecular flexibility index (Phi) is 6.67. The lowest BCUT2D eigenvalue weighted by Gasteiger charge is -2.29. The molecule has 1 unspecified atom stereocenters. The SMILES string of the molecule is CCC(CC(=O)O)NC(=O)N(C)C1CCCCCC1. The average molecular weight is 270 g/mol. The molecule has 1 saturated carbocycles. The van der Waals surface area contributed by atoms with Crippen molar-refractivity contribution in [2.45, 2.75) is 70.4 Å². The Balaban J connectivity index is 2.47. The standard InChI is InChI=1S/C14H26N2O3/c1-3-11(10-13(17)18)15-14(19)16(2)12-8-6-4-5-7-9-12/h11-12H,3-10H2,1-2H3,(H,15,19)(H,17,18). The predicted molar refractivity (Wildman–Crippen MR) is 74.1 cm³/mol. The molecule has 0 spiro atoms. The molecular weight excluding hydrogens is 244 g/mol. The summed E-state index contributed by atoms with van der Waals surface area (Å²) in [7, 11) is 1.82. The fraction of sp³-hybridized carbons (Fsp3) is 0.857. The second kappa shape index (κ2) is 8.02. The fourth-order valence-corrected chi connectivity index (χ4v) is 2.60. The van der Waals surface area contributed by atoms with Gasteiger partial charge in [-0.2, -0.15) is 0 Å². The van der Waals surface area contributed by atoms with E-state index in [1.54, 1.807) is 4.90 Å². The summed E-state index contributed by atoms with van der Waals surface area (Å²) in [5.41, 5.74) is 0. The molecule has 110 valence electrons. The molecule has 1 fully saturated rings. The summed E-state index contributed by atoms with van der Waals surface area (Å²) in [5, 5.41) is 11.6. The first kappa shape index (κ1) is 15.8. The van der Waals surface area contributed by atoms with Gasteiger partial charge in [-0.05, 0) is 19.3 Å². The molecule has 1 atom stereocenters. The highest BCUT2D eigenvalue weighted by Crippen LogP contribution is 2.21. The van der Waals surface area contributed by atoms with Gasteiger partial charge in [0.2, 0.25) is 0 Å². The van der Waals surface area contributed by atoms with Crippen molar-refractivity contribution in [2.75, 3.05) is 7.05 Å². The van der Waals surface area contributed by atoms with Crippen molar-refractivity contribution < 1.29 is 14.7 Å². The van der Waals surface area contributed by atoms with E-state index in [9.17, 15) is 9.59 Å². The lowest BCUT2D eigenvalue weighted by molar-refractivity contribution is -0.137. The Labute approximate surface area is 115 Å². The highest BCUT2D eigenvalue weighted by Gasteiger charge is 2.23. The Hall–Kier alpha value is -1.26. The third-order valence-electron chi connectivity index (χ3n) is 3.93. The highest BCUT2D eigenvalue weighted by molar-refractivity contribution is 5.76. The maximum Gasteiger partial charge on any atom is 0.317 e. The first-order valence-corrected chi connectivity index (χ1v) is 7.29. The minimum atomic E-state index is -0.871. The average Bonchev–Trinajstić information content (AvgIpc) is 2.65. The summed E-state index contributed by atoms with van der Waals surface area (Å²) in [5.74, 6) is -0.871. The van der Waals surface area contributed by atoms with Crippen molar-refractivity contribution in [1.29, 1.82) is 0 Å². The van der Waals surface area contributed by atoms with Gasteiger partial charge >= 0.3 is 12.0 Å². The van der Waals surface area contributed by atoms with Crippen LogP contribution >= 0.6 is 0 Å². The molecule has 0 saturated heterocycles. The maximum atomic E-state index is 12.1. The molecule has 0 aromatic rings. The van der Waals surface area contributed by atoms with Crippen LogP contribution in [-0.4, -0.2) is 41.1 Å². The monoisotopic (exact) mass is 270 g/mol. The van der Waals surface area contributed by atoms with E-state index < -0.39 is 5.97 Å². The molecule has 0 radical (unpaired) electrons. The van der Waals surface area contributed by atoms with Crippen LogP contribution < -0.4 is 5.32 Å². The van der Waals surface area contributed by atoms with Crippen LogP contribution in [0.5, 0.6) is 0 Å². The van der Waals surface area contributed by atoms with Crippen LogP contribution in [0.2, 0.25) is 0 Å². The first-order chi connectivity index (χ1) is 9.04. The van der Waals surface area contributed by atoms with Crippen molar-refractivity contribution in [3.8, 4) is 0 Å². The molecule has 0 bridgehead atoms. The van der Waals surface area contributed by atoms with Crippen LogP contribution in [0.3, 0.4) is 0 Å². The van der Waals surface area contributed by atoms with E-state index in [0.29, 0.717) is 12.5 Å². The number of carbonyl (C=O) groups excluding carboxylic acids is 1. The number of urea groups is 1. The van der Waals surface area contributed by atoms with Crippen LogP contribution in [0.15, 0.2) is 0 Å². The summed E-state index contributed by atoms with van der Waals surface area (Å²) in [6.07, 6.45) is 7.59. The molecule has 1 aliphatic carbocycles. The van der Waals surface area contributed by atoms with Gasteiger partial charge in [0.25, 0.3) is 0 Å². The molecule has 1 aliphatic rings. The van der Waals surface area contributed by atoms with Crippen molar-refractivity contribution in [3.05, 3.63) is 0 Å².